The van der Waals surface area contributed by atoms with E-state index in [1.807, 2.05) is 0 Å². The molecule has 0 aliphatic heterocycles. The monoisotopic (exact) mass is 535 g/mol. The van der Waals surface area contributed by atoms with Crippen molar-refractivity contribution in [3.8, 4) is 17.2 Å². The summed E-state index contributed by atoms with van der Waals surface area (Å²) < 4.78 is 62.2. The lowest BCUT2D eigenvalue weighted by molar-refractivity contribution is -0.154. The molecule has 0 bridgehead atoms. The second kappa shape index (κ2) is 11.2. The Kier molecular flexibility index (Phi) is 8.38. The predicted octanol–water partition coefficient (Wildman–Crippen LogP) is 6.45. The largest absolute Gasteiger partial charge is 0.453 e. The maximum absolute atomic E-state index is 13.8. The van der Waals surface area contributed by atoms with E-state index in [1.54, 1.807) is 40.7 Å². The van der Waals surface area contributed by atoms with Crippen molar-refractivity contribution in [2.45, 2.75) is 58.9 Å². The number of alkyl carbamates (subject to hydrolysis) is 1. The van der Waals surface area contributed by atoms with Crippen molar-refractivity contribution in [3.05, 3.63) is 64.5 Å². The van der Waals surface area contributed by atoms with Crippen LogP contribution in [-0.4, -0.2) is 23.7 Å². The molecule has 38 heavy (non-hydrogen) atoms. The van der Waals surface area contributed by atoms with E-state index in [-0.39, 0.29) is 22.8 Å². The Labute approximate surface area is 216 Å². The summed E-state index contributed by atoms with van der Waals surface area (Å²) in [5, 5.41) is 2.26. The van der Waals surface area contributed by atoms with Gasteiger partial charge in [-0.15, -0.1) is 0 Å². The molecule has 1 N–H and O–H groups in total. The molecule has 1 heterocycles. The summed E-state index contributed by atoms with van der Waals surface area (Å²) >= 11 is 0. The van der Waals surface area contributed by atoms with Gasteiger partial charge >= 0.3 is 18.2 Å². The summed E-state index contributed by atoms with van der Waals surface area (Å²) in [7, 11) is 0. The van der Waals surface area contributed by atoms with Gasteiger partial charge in [-0.1, -0.05) is 38.5 Å². The fraction of sp³-hybridized carbons (Fsp3) is 0.370. The van der Waals surface area contributed by atoms with Crippen LogP contribution < -0.4 is 20.2 Å². The first-order chi connectivity index (χ1) is 17.7. The topological polar surface area (TPSA) is 104 Å². The van der Waals surface area contributed by atoms with Crippen LogP contribution in [0.2, 0.25) is 0 Å². The molecule has 1 amide bonds. The molecular formula is C27H28F3NO7. The fourth-order valence-electron chi connectivity index (χ4n) is 3.39. The zero-order valence-electron chi connectivity index (χ0n) is 21.5. The number of esters is 1. The maximum Gasteiger partial charge on any atom is 0.453 e. The van der Waals surface area contributed by atoms with Crippen LogP contribution in [-0.2, 0) is 15.7 Å². The highest BCUT2D eigenvalue weighted by molar-refractivity contribution is 5.85. The van der Waals surface area contributed by atoms with E-state index in [1.165, 1.54) is 36.4 Å². The van der Waals surface area contributed by atoms with Crippen molar-refractivity contribution in [3.63, 3.8) is 0 Å². The number of alkyl halides is 3. The van der Waals surface area contributed by atoms with Crippen LogP contribution >= 0.6 is 0 Å². The Morgan fingerprint density at radius 1 is 1.03 bits per heavy atom. The molecule has 1 aromatic heterocycles. The molecule has 8 nitrogen and oxygen atoms in total. The predicted molar refractivity (Wildman–Crippen MR) is 132 cm³/mol. The lowest BCUT2D eigenvalue weighted by atomic mass is 9.99. The molecule has 0 saturated heterocycles. The van der Waals surface area contributed by atoms with Crippen molar-refractivity contribution in [2.75, 3.05) is 0 Å². The normalized spacial score (nSPS) is 13.5. The number of ether oxygens (including phenoxy) is 3. The number of hydrogen-bond acceptors (Lipinski definition) is 7. The number of para-hydroxylation sites is 1. The zero-order chi connectivity index (χ0) is 28.3. The summed E-state index contributed by atoms with van der Waals surface area (Å²) in [6.07, 6.45) is -5.38. The average Bonchev–Trinajstić information content (AvgIpc) is 2.82. The Balaban J connectivity index is 1.95. The zero-order valence-corrected chi connectivity index (χ0v) is 21.5. The van der Waals surface area contributed by atoms with Gasteiger partial charge < -0.3 is 23.9 Å². The van der Waals surface area contributed by atoms with E-state index in [0.717, 1.165) is 6.07 Å². The van der Waals surface area contributed by atoms with E-state index in [4.69, 9.17) is 18.6 Å². The lowest BCUT2D eigenvalue weighted by Crippen LogP contribution is -2.48. The third-order valence-corrected chi connectivity index (χ3v) is 5.40. The van der Waals surface area contributed by atoms with Crippen LogP contribution in [0.4, 0.5) is 18.0 Å². The highest BCUT2D eigenvalue weighted by atomic mass is 19.4. The van der Waals surface area contributed by atoms with Crippen molar-refractivity contribution < 1.29 is 41.4 Å². The van der Waals surface area contributed by atoms with Crippen LogP contribution in [0, 0.1) is 5.92 Å². The second-order valence-corrected chi connectivity index (χ2v) is 9.59. The van der Waals surface area contributed by atoms with Crippen LogP contribution in [0.25, 0.3) is 11.0 Å². The Morgan fingerprint density at radius 2 is 1.68 bits per heavy atom. The minimum absolute atomic E-state index is 0.0174. The molecule has 3 rings (SSSR count). The van der Waals surface area contributed by atoms with Crippen molar-refractivity contribution >= 4 is 23.0 Å². The molecule has 0 aliphatic carbocycles. The average molecular weight is 536 g/mol. The molecule has 0 spiro atoms. The van der Waals surface area contributed by atoms with Crippen molar-refractivity contribution in [1.82, 2.24) is 5.32 Å². The summed E-state index contributed by atoms with van der Waals surface area (Å²) in [6, 6.07) is 9.79. The minimum atomic E-state index is -5.05. The summed E-state index contributed by atoms with van der Waals surface area (Å²) in [4.78, 5) is 38.1. The van der Waals surface area contributed by atoms with Crippen LogP contribution in [0.1, 0.15) is 46.8 Å². The molecule has 2 aromatic carbocycles. The number of rotatable bonds is 7. The van der Waals surface area contributed by atoms with Gasteiger partial charge in [0.15, 0.2) is 0 Å². The molecule has 3 aromatic rings. The van der Waals surface area contributed by atoms with E-state index < -0.39 is 52.4 Å². The van der Waals surface area contributed by atoms with Gasteiger partial charge in [-0.25, -0.2) is 9.59 Å². The molecule has 2 unspecified atom stereocenters. The Hall–Kier alpha value is -4.02. The van der Waals surface area contributed by atoms with Crippen LogP contribution in [0.3, 0.4) is 0 Å². The van der Waals surface area contributed by atoms with Crippen LogP contribution in [0.5, 0.6) is 17.2 Å². The lowest BCUT2D eigenvalue weighted by Gasteiger charge is -2.25. The van der Waals surface area contributed by atoms with E-state index in [9.17, 15) is 27.6 Å². The smallest absolute Gasteiger partial charge is 0.449 e. The van der Waals surface area contributed by atoms with E-state index in [2.05, 4.69) is 5.32 Å². The standard InChI is InChI=1S/C27H28F3NO7/c1-6-15(2)20(31-25(34)38-26(3,4)5)24(33)36-17-12-13-18-19(14-17)37-23(27(28,29)30)22(21(18)32)35-16-10-8-7-9-11-16/h7-15,20H,6H2,1-5H3,(H,31,34). The second-order valence-electron chi connectivity index (χ2n) is 9.59. The number of hydrogen-bond donors (Lipinski definition) is 1. The number of benzene rings is 2. The quantitative estimate of drug-likeness (QED) is 0.274. The first-order valence-electron chi connectivity index (χ1n) is 11.8. The summed E-state index contributed by atoms with van der Waals surface area (Å²) in [5.41, 5.74) is -2.32. The molecule has 2 atom stereocenters. The number of carbonyl (C=O) groups is 2. The molecule has 0 aliphatic rings. The number of carbonyl (C=O) groups excluding carboxylic acids is 2. The van der Waals surface area contributed by atoms with Gasteiger partial charge in [0.25, 0.3) is 5.76 Å². The highest BCUT2D eigenvalue weighted by Gasteiger charge is 2.40. The first kappa shape index (κ1) is 28.5. The molecular weight excluding hydrogens is 507 g/mol. The molecule has 0 saturated carbocycles. The van der Waals surface area contributed by atoms with Gasteiger partial charge in [-0.2, -0.15) is 13.2 Å². The van der Waals surface area contributed by atoms with Gasteiger partial charge in [0.1, 0.15) is 28.7 Å². The van der Waals surface area contributed by atoms with Gasteiger partial charge in [-0.05, 0) is 51.0 Å². The first-order valence-corrected chi connectivity index (χ1v) is 11.8. The summed E-state index contributed by atoms with van der Waals surface area (Å²) in [5.74, 6) is -4.04. The Morgan fingerprint density at radius 3 is 2.26 bits per heavy atom. The molecule has 204 valence electrons. The highest BCUT2D eigenvalue weighted by Crippen LogP contribution is 2.38. The van der Waals surface area contributed by atoms with Gasteiger partial charge in [0.05, 0.1) is 5.39 Å². The Bertz CT molecular complexity index is 1360. The number of nitrogens with one attached hydrogen (secondary N) is 1. The van der Waals surface area contributed by atoms with Gasteiger partial charge in [0, 0.05) is 6.07 Å². The van der Waals surface area contributed by atoms with Gasteiger partial charge in [0.2, 0.25) is 11.2 Å². The minimum Gasteiger partial charge on any atom is -0.449 e. The van der Waals surface area contributed by atoms with E-state index in [0.29, 0.717) is 6.42 Å². The molecule has 0 fully saturated rings. The van der Waals surface area contributed by atoms with Crippen LogP contribution in [0.15, 0.2) is 57.7 Å². The SMILES string of the molecule is CCC(C)C(NC(=O)OC(C)(C)C)C(=O)Oc1ccc2c(=O)c(Oc3ccccc3)c(C(F)(F)F)oc2c1. The van der Waals surface area contributed by atoms with Crippen molar-refractivity contribution in [2.24, 2.45) is 5.92 Å². The molecule has 0 radical (unpaired) electrons. The van der Waals surface area contributed by atoms with Gasteiger partial charge in [-0.3, -0.25) is 4.79 Å². The fourth-order valence-corrected chi connectivity index (χ4v) is 3.39. The number of amides is 1. The van der Waals surface area contributed by atoms with E-state index >= 15 is 0 Å². The third-order valence-electron chi connectivity index (χ3n) is 5.40. The summed E-state index contributed by atoms with van der Waals surface area (Å²) in [6.45, 7) is 8.51. The maximum atomic E-state index is 13.8. The number of fused-ring (bicyclic) bond motifs is 1. The number of halogens is 3. The van der Waals surface area contributed by atoms with Crippen molar-refractivity contribution in [1.29, 1.82) is 0 Å². The third kappa shape index (κ3) is 7.05. The molecule has 11 heteroatoms.